The summed E-state index contributed by atoms with van der Waals surface area (Å²) in [6.45, 7) is 0.574. The maximum Gasteiger partial charge on any atom is 0.408 e. The first-order chi connectivity index (χ1) is 16.5. The molecule has 9 heteroatoms. The second-order valence-corrected chi connectivity index (χ2v) is 8.05. The lowest BCUT2D eigenvalue weighted by Crippen LogP contribution is -2.53. The third kappa shape index (κ3) is 7.33. The zero-order valence-corrected chi connectivity index (χ0v) is 19.0. The highest BCUT2D eigenvalue weighted by atomic mass is 16.5. The molecule has 0 radical (unpaired) electrons. The van der Waals surface area contributed by atoms with Gasteiger partial charge in [0.2, 0.25) is 11.8 Å². The Kier molecular flexibility index (Phi) is 9.02. The first-order valence-electron chi connectivity index (χ1n) is 11.1. The fraction of sp³-hybridized carbons (Fsp3) is 0.360. The molecule has 0 aliphatic carbocycles. The molecule has 3 atom stereocenters. The number of ether oxygens (including phenoxy) is 2. The Bertz CT molecular complexity index is 983. The number of hydrogen-bond donors (Lipinski definition) is 3. The van der Waals surface area contributed by atoms with Crippen molar-refractivity contribution in [2.45, 2.75) is 38.0 Å². The minimum Gasteiger partial charge on any atom is -0.467 e. The van der Waals surface area contributed by atoms with Gasteiger partial charge >= 0.3 is 12.1 Å². The van der Waals surface area contributed by atoms with Crippen LogP contribution in [0.15, 0.2) is 60.7 Å². The van der Waals surface area contributed by atoms with Crippen LogP contribution in [0.3, 0.4) is 0 Å². The van der Waals surface area contributed by atoms with Gasteiger partial charge in [-0.15, -0.1) is 0 Å². The lowest BCUT2D eigenvalue weighted by molar-refractivity contribution is -0.146. The standard InChI is InChI=1S/C25H29N3O6/c1-33-24(31)21(15-19-12-13-26-22(19)29)27-23(30)20(14-17-8-4-2-5-9-17)28-25(32)34-16-18-10-6-3-7-11-18/h2-11,19-21H,12-16H2,1H3,(H,26,29)(H,27,30)(H,28,32)/t19-,20-,21-/m0/s1. The Morgan fingerprint density at radius 3 is 2.21 bits per heavy atom. The molecule has 34 heavy (non-hydrogen) atoms. The van der Waals surface area contributed by atoms with Crippen molar-refractivity contribution in [1.29, 1.82) is 0 Å². The van der Waals surface area contributed by atoms with Gasteiger partial charge < -0.3 is 25.4 Å². The minimum absolute atomic E-state index is 0.0495. The van der Waals surface area contributed by atoms with Crippen molar-refractivity contribution in [2.24, 2.45) is 5.92 Å². The average Bonchev–Trinajstić information content (AvgIpc) is 3.26. The molecule has 0 unspecified atom stereocenters. The molecule has 0 bridgehead atoms. The molecule has 0 saturated carbocycles. The largest absolute Gasteiger partial charge is 0.467 e. The first kappa shape index (κ1) is 24.8. The van der Waals surface area contributed by atoms with E-state index in [1.807, 2.05) is 60.7 Å². The highest BCUT2D eigenvalue weighted by Gasteiger charge is 2.33. The third-order valence-corrected chi connectivity index (χ3v) is 5.59. The normalized spacial score (nSPS) is 16.6. The van der Waals surface area contributed by atoms with Gasteiger partial charge in [0.05, 0.1) is 7.11 Å². The lowest BCUT2D eigenvalue weighted by Gasteiger charge is -2.23. The Labute approximate surface area is 198 Å². The summed E-state index contributed by atoms with van der Waals surface area (Å²) in [5, 5.41) is 7.96. The molecule has 3 amide bonds. The number of esters is 1. The molecule has 1 fully saturated rings. The lowest BCUT2D eigenvalue weighted by atomic mass is 9.97. The fourth-order valence-electron chi connectivity index (χ4n) is 3.75. The van der Waals surface area contributed by atoms with Crippen molar-refractivity contribution >= 4 is 23.9 Å². The smallest absolute Gasteiger partial charge is 0.408 e. The van der Waals surface area contributed by atoms with Crippen LogP contribution in [0.4, 0.5) is 4.79 Å². The predicted molar refractivity (Wildman–Crippen MR) is 123 cm³/mol. The van der Waals surface area contributed by atoms with E-state index < -0.39 is 36.0 Å². The van der Waals surface area contributed by atoms with Gasteiger partial charge in [-0.1, -0.05) is 60.7 Å². The molecule has 0 aromatic heterocycles. The van der Waals surface area contributed by atoms with Gasteiger partial charge in [-0.3, -0.25) is 9.59 Å². The van der Waals surface area contributed by atoms with Crippen LogP contribution in [0.2, 0.25) is 0 Å². The van der Waals surface area contributed by atoms with Crippen LogP contribution < -0.4 is 16.0 Å². The number of carbonyl (C=O) groups excluding carboxylic acids is 4. The molecular weight excluding hydrogens is 438 g/mol. The maximum atomic E-state index is 13.2. The van der Waals surface area contributed by atoms with Crippen molar-refractivity contribution < 1.29 is 28.7 Å². The van der Waals surface area contributed by atoms with Crippen molar-refractivity contribution in [1.82, 2.24) is 16.0 Å². The van der Waals surface area contributed by atoms with E-state index in [0.29, 0.717) is 13.0 Å². The van der Waals surface area contributed by atoms with E-state index >= 15 is 0 Å². The second-order valence-electron chi connectivity index (χ2n) is 8.05. The quantitative estimate of drug-likeness (QED) is 0.457. The fourth-order valence-corrected chi connectivity index (χ4v) is 3.75. The zero-order valence-electron chi connectivity index (χ0n) is 19.0. The van der Waals surface area contributed by atoms with Crippen LogP contribution in [-0.4, -0.2) is 49.6 Å². The summed E-state index contributed by atoms with van der Waals surface area (Å²) in [4.78, 5) is 49.9. The van der Waals surface area contributed by atoms with Crippen LogP contribution in [0.1, 0.15) is 24.0 Å². The highest BCUT2D eigenvalue weighted by molar-refractivity contribution is 5.90. The maximum absolute atomic E-state index is 13.2. The van der Waals surface area contributed by atoms with Crippen molar-refractivity contribution in [3.8, 4) is 0 Å². The summed E-state index contributed by atoms with van der Waals surface area (Å²) >= 11 is 0. The van der Waals surface area contributed by atoms with Gasteiger partial charge in [0.15, 0.2) is 0 Å². The van der Waals surface area contributed by atoms with Crippen molar-refractivity contribution in [2.75, 3.05) is 13.7 Å². The molecule has 3 rings (SSSR count). The number of benzene rings is 2. The molecule has 0 spiro atoms. The molecule has 1 aliphatic heterocycles. The van der Waals surface area contributed by atoms with E-state index in [1.54, 1.807) is 0 Å². The molecule has 9 nitrogen and oxygen atoms in total. The van der Waals surface area contributed by atoms with E-state index in [0.717, 1.165) is 11.1 Å². The first-order valence-corrected chi connectivity index (χ1v) is 11.1. The number of hydrogen-bond acceptors (Lipinski definition) is 6. The summed E-state index contributed by atoms with van der Waals surface area (Å²) < 4.78 is 10.1. The molecule has 2 aromatic carbocycles. The summed E-state index contributed by atoms with van der Waals surface area (Å²) in [6.07, 6.45) is 0.107. The van der Waals surface area contributed by atoms with Gasteiger partial charge in [-0.05, 0) is 24.0 Å². The number of carbonyl (C=O) groups is 4. The minimum atomic E-state index is -1.02. The Morgan fingerprint density at radius 1 is 0.971 bits per heavy atom. The predicted octanol–water partition coefficient (Wildman–Crippen LogP) is 1.71. The zero-order chi connectivity index (χ0) is 24.3. The van der Waals surface area contributed by atoms with Gasteiger partial charge in [0.1, 0.15) is 18.7 Å². The van der Waals surface area contributed by atoms with Crippen molar-refractivity contribution in [3.63, 3.8) is 0 Å². The molecule has 1 aliphatic rings. The van der Waals surface area contributed by atoms with E-state index in [-0.39, 0.29) is 25.4 Å². The van der Waals surface area contributed by atoms with E-state index in [9.17, 15) is 19.2 Å². The van der Waals surface area contributed by atoms with Gasteiger partial charge in [0.25, 0.3) is 0 Å². The van der Waals surface area contributed by atoms with E-state index in [1.165, 1.54) is 7.11 Å². The van der Waals surface area contributed by atoms with Crippen molar-refractivity contribution in [3.05, 3.63) is 71.8 Å². The molecule has 1 heterocycles. The molecule has 180 valence electrons. The number of rotatable bonds is 10. The number of amides is 3. The van der Waals surface area contributed by atoms with Crippen LogP contribution in [0.25, 0.3) is 0 Å². The van der Waals surface area contributed by atoms with E-state index in [4.69, 9.17) is 9.47 Å². The monoisotopic (exact) mass is 467 g/mol. The summed E-state index contributed by atoms with van der Waals surface area (Å²) in [5.74, 6) is -1.79. The SMILES string of the molecule is COC(=O)[C@H](C[C@@H]1CCNC1=O)NC(=O)[C@H](Cc1ccccc1)NC(=O)OCc1ccccc1. The number of methoxy groups -OCH3 is 1. The van der Waals surface area contributed by atoms with Gasteiger partial charge in [0, 0.05) is 18.9 Å². The average molecular weight is 468 g/mol. The van der Waals surface area contributed by atoms with Crippen LogP contribution in [0.5, 0.6) is 0 Å². The number of nitrogens with one attached hydrogen (secondary N) is 3. The summed E-state index contributed by atoms with van der Waals surface area (Å²) in [6, 6.07) is 16.3. The van der Waals surface area contributed by atoms with Crippen LogP contribution in [-0.2, 0) is 36.9 Å². The number of alkyl carbamates (subject to hydrolysis) is 1. The van der Waals surface area contributed by atoms with E-state index in [2.05, 4.69) is 16.0 Å². The summed E-state index contributed by atoms with van der Waals surface area (Å²) in [7, 11) is 1.22. The molecular formula is C25H29N3O6. The van der Waals surface area contributed by atoms with Crippen LogP contribution >= 0.6 is 0 Å². The second kappa shape index (κ2) is 12.4. The highest BCUT2D eigenvalue weighted by Crippen LogP contribution is 2.17. The van der Waals surface area contributed by atoms with Gasteiger partial charge in [-0.25, -0.2) is 9.59 Å². The Hall–Kier alpha value is -3.88. The summed E-state index contributed by atoms with van der Waals surface area (Å²) in [5.41, 5.74) is 1.62. The third-order valence-electron chi connectivity index (χ3n) is 5.59. The Balaban J connectivity index is 1.68. The Morgan fingerprint density at radius 2 is 1.62 bits per heavy atom. The molecule has 2 aromatic rings. The van der Waals surface area contributed by atoms with Gasteiger partial charge in [-0.2, -0.15) is 0 Å². The molecule has 1 saturated heterocycles. The topological polar surface area (TPSA) is 123 Å². The molecule has 3 N–H and O–H groups in total. The van der Waals surface area contributed by atoms with Crippen LogP contribution in [0, 0.1) is 5.92 Å².